The second kappa shape index (κ2) is 9.69. The summed E-state index contributed by atoms with van der Waals surface area (Å²) in [5, 5.41) is 0. The Bertz CT molecular complexity index is 1110. The van der Waals surface area contributed by atoms with Crippen LogP contribution < -0.4 is 4.90 Å². The van der Waals surface area contributed by atoms with Crippen molar-refractivity contribution in [3.8, 4) is 0 Å². The van der Waals surface area contributed by atoms with E-state index in [4.69, 9.17) is 4.42 Å². The monoisotopic (exact) mass is 473 g/mol. The van der Waals surface area contributed by atoms with Crippen LogP contribution in [-0.4, -0.2) is 56.1 Å². The van der Waals surface area contributed by atoms with Gasteiger partial charge in [-0.1, -0.05) is 6.92 Å². The van der Waals surface area contributed by atoms with E-state index in [9.17, 15) is 18.0 Å². The number of piperidine rings is 1. The van der Waals surface area contributed by atoms with Crippen molar-refractivity contribution >= 4 is 27.5 Å². The Labute approximate surface area is 195 Å². The molecule has 0 saturated carbocycles. The van der Waals surface area contributed by atoms with Crippen LogP contribution in [0.2, 0.25) is 0 Å². The molecule has 1 aromatic carbocycles. The Hall–Kier alpha value is -2.65. The Morgan fingerprint density at radius 2 is 1.94 bits per heavy atom. The van der Waals surface area contributed by atoms with Gasteiger partial charge in [0.25, 0.3) is 0 Å². The van der Waals surface area contributed by atoms with Crippen molar-refractivity contribution in [3.05, 3.63) is 47.9 Å². The third kappa shape index (κ3) is 5.14. The Kier molecular flexibility index (Phi) is 6.90. The number of sulfonamides is 1. The molecule has 1 aromatic heterocycles. The Morgan fingerprint density at radius 3 is 2.64 bits per heavy atom. The number of hydrogen-bond acceptors (Lipinski definition) is 5. The lowest BCUT2D eigenvalue weighted by atomic mass is 10.0. The molecule has 0 radical (unpaired) electrons. The van der Waals surface area contributed by atoms with Crippen LogP contribution in [-0.2, 0) is 32.6 Å². The van der Waals surface area contributed by atoms with Gasteiger partial charge in [0, 0.05) is 32.2 Å². The molecule has 178 valence electrons. The van der Waals surface area contributed by atoms with Gasteiger partial charge in [-0.3, -0.25) is 9.59 Å². The number of carbonyl (C=O) groups is 2. The maximum absolute atomic E-state index is 13.2. The van der Waals surface area contributed by atoms with Gasteiger partial charge in [-0.05, 0) is 67.5 Å². The number of fused-ring (bicyclic) bond motifs is 1. The number of hydrogen-bond donors (Lipinski definition) is 0. The van der Waals surface area contributed by atoms with E-state index < -0.39 is 10.0 Å². The normalized spacial score (nSPS) is 18.1. The highest BCUT2D eigenvalue weighted by Gasteiger charge is 2.31. The molecule has 0 N–H and O–H groups in total. The lowest BCUT2D eigenvalue weighted by molar-refractivity contribution is -0.131. The molecular weight excluding hydrogens is 442 g/mol. The highest BCUT2D eigenvalue weighted by atomic mass is 32.2. The fourth-order valence-electron chi connectivity index (χ4n) is 4.41. The van der Waals surface area contributed by atoms with Crippen LogP contribution in [0.4, 0.5) is 5.69 Å². The molecule has 0 unspecified atom stereocenters. The van der Waals surface area contributed by atoms with E-state index in [0.717, 1.165) is 18.4 Å². The zero-order valence-corrected chi connectivity index (χ0v) is 20.0. The molecule has 0 aliphatic carbocycles. The first-order chi connectivity index (χ1) is 15.8. The summed E-state index contributed by atoms with van der Waals surface area (Å²) < 4.78 is 33.3. The fourth-order valence-corrected chi connectivity index (χ4v) is 5.93. The molecule has 0 spiro atoms. The smallest absolute Gasteiger partial charge is 0.243 e. The summed E-state index contributed by atoms with van der Waals surface area (Å²) >= 11 is 0. The largest absolute Gasteiger partial charge is 0.467 e. The molecule has 0 bridgehead atoms. The van der Waals surface area contributed by atoms with Crippen LogP contribution in [0.3, 0.4) is 0 Å². The number of carbonyl (C=O) groups excluding carboxylic acids is 2. The zero-order chi connectivity index (χ0) is 23.6. The Balaban J connectivity index is 1.55. The van der Waals surface area contributed by atoms with Crippen molar-refractivity contribution < 1.29 is 22.4 Å². The minimum Gasteiger partial charge on any atom is -0.467 e. The Morgan fingerprint density at radius 1 is 1.18 bits per heavy atom. The molecule has 1 fully saturated rings. The van der Waals surface area contributed by atoms with Gasteiger partial charge in [0.05, 0.1) is 17.7 Å². The number of amides is 2. The lowest BCUT2D eigenvalue weighted by Crippen LogP contribution is -2.41. The summed E-state index contributed by atoms with van der Waals surface area (Å²) in [5.41, 5.74) is 1.40. The molecule has 2 aromatic rings. The van der Waals surface area contributed by atoms with Crippen LogP contribution in [0.15, 0.2) is 45.9 Å². The number of anilines is 1. The fraction of sp³-hybridized carbons (Fsp3) is 0.500. The van der Waals surface area contributed by atoms with Gasteiger partial charge in [0.2, 0.25) is 21.8 Å². The van der Waals surface area contributed by atoms with Crippen LogP contribution >= 0.6 is 0 Å². The van der Waals surface area contributed by atoms with E-state index in [1.165, 1.54) is 9.80 Å². The highest BCUT2D eigenvalue weighted by molar-refractivity contribution is 7.89. The topological polar surface area (TPSA) is 91.1 Å². The summed E-state index contributed by atoms with van der Waals surface area (Å²) in [7, 11) is -1.91. The second-order valence-electron chi connectivity index (χ2n) is 9.04. The summed E-state index contributed by atoms with van der Waals surface area (Å²) in [6, 6.07) is 8.48. The molecule has 2 aliphatic rings. The number of likely N-dealkylation sites (N-methyl/N-ethyl adjacent to an activating group) is 1. The minimum atomic E-state index is -3.58. The van der Waals surface area contributed by atoms with E-state index >= 15 is 0 Å². The molecular formula is C24H31N3O5S. The minimum absolute atomic E-state index is 0.0981. The van der Waals surface area contributed by atoms with E-state index in [2.05, 4.69) is 6.92 Å². The SMILES string of the molecule is CC1CCN(S(=O)(=O)c2ccc3c(c2)CCCC(=O)N3CC(=O)N(C)Cc2ccco2)CC1. The molecule has 0 atom stereocenters. The summed E-state index contributed by atoms with van der Waals surface area (Å²) in [4.78, 5) is 28.9. The maximum atomic E-state index is 13.2. The molecule has 1 saturated heterocycles. The van der Waals surface area contributed by atoms with Crippen molar-refractivity contribution in [1.82, 2.24) is 9.21 Å². The van der Waals surface area contributed by atoms with Crippen LogP contribution in [0, 0.1) is 5.92 Å². The van der Waals surface area contributed by atoms with Crippen molar-refractivity contribution in [2.75, 3.05) is 31.6 Å². The average Bonchev–Trinajstić information content (AvgIpc) is 3.25. The van der Waals surface area contributed by atoms with Gasteiger partial charge in [0.15, 0.2) is 0 Å². The quantitative estimate of drug-likeness (QED) is 0.643. The standard InChI is InChI=1S/C24H31N3O5S/c1-18-10-12-26(13-11-18)33(30,31)21-8-9-22-19(15-21)5-3-7-23(28)27(22)17-24(29)25(2)16-20-6-4-14-32-20/h4,6,8-9,14-15,18H,3,5,7,10-13,16-17H2,1-2H3. The van der Waals surface area contributed by atoms with Gasteiger partial charge >= 0.3 is 0 Å². The maximum Gasteiger partial charge on any atom is 0.243 e. The van der Waals surface area contributed by atoms with Gasteiger partial charge in [-0.25, -0.2) is 8.42 Å². The second-order valence-corrected chi connectivity index (χ2v) is 11.0. The molecule has 2 aliphatic heterocycles. The van der Waals surface area contributed by atoms with Gasteiger partial charge < -0.3 is 14.2 Å². The predicted molar refractivity (Wildman–Crippen MR) is 124 cm³/mol. The summed E-state index contributed by atoms with van der Waals surface area (Å²) in [6.45, 7) is 3.42. The number of rotatable bonds is 6. The van der Waals surface area contributed by atoms with Crippen molar-refractivity contribution in [2.24, 2.45) is 5.92 Å². The summed E-state index contributed by atoms with van der Waals surface area (Å²) in [6.07, 6.45) is 4.80. The molecule has 9 heteroatoms. The number of nitrogens with zero attached hydrogens (tertiary/aromatic N) is 3. The lowest BCUT2D eigenvalue weighted by Gasteiger charge is -2.30. The first-order valence-electron chi connectivity index (χ1n) is 11.5. The van der Waals surface area contributed by atoms with E-state index in [0.29, 0.717) is 56.3 Å². The van der Waals surface area contributed by atoms with Crippen LogP contribution in [0.1, 0.15) is 43.9 Å². The van der Waals surface area contributed by atoms with E-state index in [1.807, 2.05) is 0 Å². The van der Waals surface area contributed by atoms with E-state index in [-0.39, 0.29) is 23.3 Å². The first kappa shape index (κ1) is 23.5. The third-order valence-electron chi connectivity index (χ3n) is 6.55. The highest BCUT2D eigenvalue weighted by Crippen LogP contribution is 2.31. The van der Waals surface area contributed by atoms with Crippen LogP contribution in [0.25, 0.3) is 0 Å². The van der Waals surface area contributed by atoms with Crippen LogP contribution in [0.5, 0.6) is 0 Å². The molecule has 2 amide bonds. The molecule has 33 heavy (non-hydrogen) atoms. The number of aryl methyl sites for hydroxylation is 1. The van der Waals surface area contributed by atoms with Gasteiger partial charge in [-0.2, -0.15) is 4.31 Å². The molecule has 3 heterocycles. The van der Waals surface area contributed by atoms with E-state index in [1.54, 1.807) is 47.9 Å². The molecule has 8 nitrogen and oxygen atoms in total. The number of furan rings is 1. The van der Waals surface area contributed by atoms with Crippen molar-refractivity contribution in [3.63, 3.8) is 0 Å². The number of benzene rings is 1. The first-order valence-corrected chi connectivity index (χ1v) is 12.9. The average molecular weight is 474 g/mol. The van der Waals surface area contributed by atoms with Gasteiger partial charge in [0.1, 0.15) is 12.3 Å². The predicted octanol–water partition coefficient (Wildman–Crippen LogP) is 3.03. The molecule has 4 rings (SSSR count). The summed E-state index contributed by atoms with van der Waals surface area (Å²) in [5.74, 6) is 0.850. The van der Waals surface area contributed by atoms with Gasteiger partial charge in [-0.15, -0.1) is 0 Å². The zero-order valence-electron chi connectivity index (χ0n) is 19.2. The third-order valence-corrected chi connectivity index (χ3v) is 8.45. The van der Waals surface area contributed by atoms with Crippen molar-refractivity contribution in [1.29, 1.82) is 0 Å². The van der Waals surface area contributed by atoms with Crippen molar-refractivity contribution in [2.45, 2.75) is 50.5 Å².